The molecule has 0 aliphatic carbocycles. The number of likely N-dealkylation sites (N-methyl/N-ethyl adjacent to an activating group) is 1. The standard InChI is InChI=1S/C23H25N3O5/c1-4-5-11-26-22(29)18-10-9-15(12-19(18)23(26)30)21(28)25(2)14-20(27)24-16-7-6-8-17(13-16)31-3/h6-10,12-13H,4-5,11,14H2,1-3H3,(H,24,27). The molecule has 162 valence electrons. The number of nitrogens with one attached hydrogen (secondary N) is 1. The van der Waals surface area contributed by atoms with Gasteiger partial charge in [0, 0.05) is 30.9 Å². The Hall–Kier alpha value is -3.68. The second kappa shape index (κ2) is 9.42. The molecular weight excluding hydrogens is 398 g/mol. The topological polar surface area (TPSA) is 96.0 Å². The summed E-state index contributed by atoms with van der Waals surface area (Å²) < 4.78 is 5.12. The quantitative estimate of drug-likeness (QED) is 0.659. The van der Waals surface area contributed by atoms with Gasteiger partial charge >= 0.3 is 0 Å². The van der Waals surface area contributed by atoms with Gasteiger partial charge in [-0.2, -0.15) is 0 Å². The lowest BCUT2D eigenvalue weighted by atomic mass is 10.0. The summed E-state index contributed by atoms with van der Waals surface area (Å²) in [6.07, 6.45) is 1.59. The second-order valence-corrected chi connectivity index (χ2v) is 7.32. The number of rotatable bonds is 8. The summed E-state index contributed by atoms with van der Waals surface area (Å²) in [6.45, 7) is 2.16. The van der Waals surface area contributed by atoms with Crippen LogP contribution in [0.3, 0.4) is 0 Å². The lowest BCUT2D eigenvalue weighted by Crippen LogP contribution is -2.35. The molecule has 0 atom stereocenters. The molecule has 0 radical (unpaired) electrons. The number of nitrogens with zero attached hydrogens (tertiary/aromatic N) is 2. The Morgan fingerprint density at radius 2 is 1.81 bits per heavy atom. The fraction of sp³-hybridized carbons (Fsp3) is 0.304. The van der Waals surface area contributed by atoms with Crippen LogP contribution in [0.1, 0.15) is 50.8 Å². The average Bonchev–Trinajstić information content (AvgIpc) is 3.00. The number of anilines is 1. The zero-order chi connectivity index (χ0) is 22.5. The van der Waals surface area contributed by atoms with Gasteiger partial charge in [-0.1, -0.05) is 19.4 Å². The molecule has 1 aliphatic rings. The predicted octanol–water partition coefficient (Wildman–Crippen LogP) is 2.80. The highest BCUT2D eigenvalue weighted by Crippen LogP contribution is 2.25. The smallest absolute Gasteiger partial charge is 0.261 e. The largest absolute Gasteiger partial charge is 0.497 e. The summed E-state index contributed by atoms with van der Waals surface area (Å²) in [7, 11) is 3.03. The van der Waals surface area contributed by atoms with Crippen molar-refractivity contribution < 1.29 is 23.9 Å². The minimum atomic E-state index is -0.421. The van der Waals surface area contributed by atoms with Gasteiger partial charge in [-0.15, -0.1) is 0 Å². The van der Waals surface area contributed by atoms with Crippen molar-refractivity contribution in [1.29, 1.82) is 0 Å². The number of carbonyl (C=O) groups is 4. The number of carbonyl (C=O) groups excluding carboxylic acids is 4. The van der Waals surface area contributed by atoms with E-state index in [-0.39, 0.29) is 35.4 Å². The molecule has 0 saturated carbocycles. The number of unbranched alkanes of at least 4 members (excludes halogenated alkanes) is 1. The summed E-state index contributed by atoms with van der Waals surface area (Å²) in [5, 5.41) is 2.72. The molecule has 31 heavy (non-hydrogen) atoms. The van der Waals surface area contributed by atoms with E-state index in [1.54, 1.807) is 24.3 Å². The fourth-order valence-corrected chi connectivity index (χ4v) is 3.35. The lowest BCUT2D eigenvalue weighted by molar-refractivity contribution is -0.116. The SMILES string of the molecule is CCCCN1C(=O)c2ccc(C(=O)N(C)CC(=O)Nc3cccc(OC)c3)cc2C1=O. The van der Waals surface area contributed by atoms with Crippen LogP contribution in [0, 0.1) is 0 Å². The number of hydrogen-bond donors (Lipinski definition) is 1. The van der Waals surface area contributed by atoms with Crippen LogP contribution in [0.2, 0.25) is 0 Å². The number of imide groups is 1. The maximum Gasteiger partial charge on any atom is 0.261 e. The third-order valence-electron chi connectivity index (χ3n) is 5.03. The predicted molar refractivity (Wildman–Crippen MR) is 115 cm³/mol. The molecule has 2 aromatic rings. The maximum absolute atomic E-state index is 12.8. The van der Waals surface area contributed by atoms with Gasteiger partial charge in [0.1, 0.15) is 5.75 Å². The summed E-state index contributed by atoms with van der Waals surface area (Å²) in [4.78, 5) is 52.6. The minimum Gasteiger partial charge on any atom is -0.497 e. The first kappa shape index (κ1) is 22.0. The third-order valence-corrected chi connectivity index (χ3v) is 5.03. The van der Waals surface area contributed by atoms with Crippen molar-refractivity contribution in [3.05, 3.63) is 59.2 Å². The minimum absolute atomic E-state index is 0.178. The number of amides is 4. The van der Waals surface area contributed by atoms with Crippen LogP contribution in [0.5, 0.6) is 5.75 Å². The molecule has 1 heterocycles. The molecule has 0 bridgehead atoms. The van der Waals surface area contributed by atoms with Crippen LogP contribution >= 0.6 is 0 Å². The van der Waals surface area contributed by atoms with Gasteiger partial charge in [0.2, 0.25) is 5.91 Å². The summed E-state index contributed by atoms with van der Waals surface area (Å²) in [6, 6.07) is 11.3. The molecule has 0 aromatic heterocycles. The number of ether oxygens (including phenoxy) is 1. The molecule has 0 unspecified atom stereocenters. The van der Waals surface area contributed by atoms with E-state index in [1.165, 1.54) is 42.2 Å². The van der Waals surface area contributed by atoms with Crippen LogP contribution in [0.15, 0.2) is 42.5 Å². The van der Waals surface area contributed by atoms with Crippen LogP contribution < -0.4 is 10.1 Å². The molecule has 3 rings (SSSR count). The normalized spacial score (nSPS) is 12.5. The Balaban J connectivity index is 1.68. The van der Waals surface area contributed by atoms with Gasteiger partial charge in [-0.3, -0.25) is 24.1 Å². The summed E-state index contributed by atoms with van der Waals surface area (Å²) in [5.41, 5.74) is 1.32. The molecule has 2 aromatic carbocycles. The van der Waals surface area contributed by atoms with Gasteiger partial charge < -0.3 is 15.0 Å². The van der Waals surface area contributed by atoms with Crippen molar-refractivity contribution in [2.24, 2.45) is 0 Å². The zero-order valence-electron chi connectivity index (χ0n) is 17.8. The Bertz CT molecular complexity index is 1030. The second-order valence-electron chi connectivity index (χ2n) is 7.32. The lowest BCUT2D eigenvalue weighted by Gasteiger charge is -2.17. The van der Waals surface area contributed by atoms with Crippen LogP contribution in [-0.4, -0.2) is 60.7 Å². The van der Waals surface area contributed by atoms with Crippen molar-refractivity contribution in [1.82, 2.24) is 9.80 Å². The molecule has 1 N–H and O–H groups in total. The number of fused-ring (bicyclic) bond motifs is 1. The first-order valence-electron chi connectivity index (χ1n) is 10.0. The van der Waals surface area contributed by atoms with Crippen molar-refractivity contribution in [2.45, 2.75) is 19.8 Å². The van der Waals surface area contributed by atoms with E-state index in [0.717, 1.165) is 12.8 Å². The van der Waals surface area contributed by atoms with E-state index in [0.29, 0.717) is 23.5 Å². The number of benzene rings is 2. The van der Waals surface area contributed by atoms with E-state index in [1.807, 2.05) is 6.92 Å². The van der Waals surface area contributed by atoms with E-state index < -0.39 is 5.91 Å². The molecule has 0 spiro atoms. The number of hydrogen-bond acceptors (Lipinski definition) is 5. The van der Waals surface area contributed by atoms with Gasteiger partial charge in [0.15, 0.2) is 0 Å². The van der Waals surface area contributed by atoms with Gasteiger partial charge in [0.25, 0.3) is 17.7 Å². The summed E-state index contributed by atoms with van der Waals surface area (Å²) in [5.74, 6) is -0.911. The molecule has 8 nitrogen and oxygen atoms in total. The van der Waals surface area contributed by atoms with E-state index in [4.69, 9.17) is 4.74 Å². The van der Waals surface area contributed by atoms with Crippen molar-refractivity contribution in [3.8, 4) is 5.75 Å². The molecule has 8 heteroatoms. The molecule has 4 amide bonds. The van der Waals surface area contributed by atoms with Crippen LogP contribution in [0.25, 0.3) is 0 Å². The highest BCUT2D eigenvalue weighted by atomic mass is 16.5. The van der Waals surface area contributed by atoms with Crippen LogP contribution in [0.4, 0.5) is 5.69 Å². The van der Waals surface area contributed by atoms with E-state index in [2.05, 4.69) is 5.32 Å². The fourth-order valence-electron chi connectivity index (χ4n) is 3.35. The van der Waals surface area contributed by atoms with E-state index in [9.17, 15) is 19.2 Å². The first-order valence-corrected chi connectivity index (χ1v) is 10.0. The number of methoxy groups -OCH3 is 1. The third kappa shape index (κ3) is 4.74. The Morgan fingerprint density at radius 1 is 1.06 bits per heavy atom. The van der Waals surface area contributed by atoms with Gasteiger partial charge in [-0.25, -0.2) is 0 Å². The summed E-state index contributed by atoms with van der Waals surface area (Å²) >= 11 is 0. The van der Waals surface area contributed by atoms with Crippen molar-refractivity contribution in [2.75, 3.05) is 32.6 Å². The van der Waals surface area contributed by atoms with E-state index >= 15 is 0 Å². The Kier molecular flexibility index (Phi) is 6.69. The van der Waals surface area contributed by atoms with Gasteiger partial charge in [-0.05, 0) is 36.8 Å². The van der Waals surface area contributed by atoms with Crippen LogP contribution in [-0.2, 0) is 4.79 Å². The Labute approximate surface area is 180 Å². The molecule has 0 saturated heterocycles. The average molecular weight is 423 g/mol. The highest BCUT2D eigenvalue weighted by Gasteiger charge is 2.35. The monoisotopic (exact) mass is 423 g/mol. The maximum atomic E-state index is 12.8. The zero-order valence-corrected chi connectivity index (χ0v) is 17.8. The Morgan fingerprint density at radius 3 is 2.52 bits per heavy atom. The van der Waals surface area contributed by atoms with Crippen molar-refractivity contribution in [3.63, 3.8) is 0 Å². The van der Waals surface area contributed by atoms with Gasteiger partial charge in [0.05, 0.1) is 24.8 Å². The highest BCUT2D eigenvalue weighted by molar-refractivity contribution is 6.22. The molecule has 0 fully saturated rings. The molecular formula is C23H25N3O5. The molecule has 1 aliphatic heterocycles. The first-order chi connectivity index (χ1) is 14.8. The van der Waals surface area contributed by atoms with Crippen molar-refractivity contribution >= 4 is 29.3 Å².